The first-order valence-electron chi connectivity index (χ1n) is 5.33. The summed E-state index contributed by atoms with van der Waals surface area (Å²) in [4.78, 5) is 9.95. The predicted octanol–water partition coefficient (Wildman–Crippen LogP) is 3.02. The number of rotatable bonds is 4. The summed E-state index contributed by atoms with van der Waals surface area (Å²) in [5.74, 6) is -0.340. The van der Waals surface area contributed by atoms with Crippen molar-refractivity contribution in [2.24, 2.45) is 0 Å². The van der Waals surface area contributed by atoms with Crippen LogP contribution in [0.3, 0.4) is 0 Å². The summed E-state index contributed by atoms with van der Waals surface area (Å²) >= 11 is 5.66. The van der Waals surface area contributed by atoms with Crippen LogP contribution in [0.2, 0.25) is 5.02 Å². The number of nitrogens with zero attached hydrogens (tertiary/aromatic N) is 1. The summed E-state index contributed by atoms with van der Waals surface area (Å²) in [6.07, 6.45) is 0. The first-order valence-corrected chi connectivity index (χ1v) is 7.12. The fourth-order valence-corrected chi connectivity index (χ4v) is 2.51. The lowest BCUT2D eigenvalue weighted by molar-refractivity contribution is -0.385. The lowest BCUT2D eigenvalue weighted by Gasteiger charge is -2.07. The standard InChI is InChI=1S/C12H8ClNO5S/c13-9-5-7-10(8-6-9)20(17,18)19-12-4-2-1-3-11(12)14(15)16/h1-8H. The average molecular weight is 314 g/mol. The van der Waals surface area contributed by atoms with Gasteiger partial charge >= 0.3 is 15.8 Å². The van der Waals surface area contributed by atoms with Gasteiger partial charge in [0.1, 0.15) is 4.90 Å². The molecule has 6 nitrogen and oxygen atoms in total. The Hall–Kier alpha value is -2.12. The maximum absolute atomic E-state index is 12.0. The van der Waals surface area contributed by atoms with Crippen molar-refractivity contribution in [1.29, 1.82) is 0 Å². The van der Waals surface area contributed by atoms with E-state index >= 15 is 0 Å². The molecule has 0 spiro atoms. The second-order valence-corrected chi connectivity index (χ2v) is 5.70. The van der Waals surface area contributed by atoms with Gasteiger partial charge in [0, 0.05) is 11.1 Å². The van der Waals surface area contributed by atoms with Gasteiger partial charge in [-0.15, -0.1) is 0 Å². The van der Waals surface area contributed by atoms with Gasteiger partial charge in [0.25, 0.3) is 0 Å². The fraction of sp³-hybridized carbons (Fsp3) is 0. The van der Waals surface area contributed by atoms with E-state index in [0.29, 0.717) is 5.02 Å². The molecular formula is C12H8ClNO5S. The summed E-state index contributed by atoms with van der Waals surface area (Å²) in [5, 5.41) is 11.2. The summed E-state index contributed by atoms with van der Waals surface area (Å²) in [5.41, 5.74) is -0.426. The molecule has 0 aliphatic heterocycles. The molecule has 0 N–H and O–H groups in total. The Kier molecular flexibility index (Phi) is 3.91. The maximum atomic E-state index is 12.0. The Morgan fingerprint density at radius 3 is 2.25 bits per heavy atom. The molecule has 2 aromatic rings. The molecule has 0 aromatic heterocycles. The molecule has 0 atom stereocenters. The van der Waals surface area contributed by atoms with Gasteiger partial charge in [0.05, 0.1) is 4.92 Å². The molecule has 0 saturated carbocycles. The van der Waals surface area contributed by atoms with Crippen LogP contribution in [0.1, 0.15) is 0 Å². The van der Waals surface area contributed by atoms with Gasteiger partial charge < -0.3 is 4.18 Å². The zero-order valence-electron chi connectivity index (χ0n) is 9.89. The maximum Gasteiger partial charge on any atom is 0.339 e. The summed E-state index contributed by atoms with van der Waals surface area (Å²) in [7, 11) is -4.15. The largest absolute Gasteiger partial charge is 0.372 e. The van der Waals surface area contributed by atoms with Crippen molar-refractivity contribution in [2.75, 3.05) is 0 Å². The number of para-hydroxylation sites is 2. The SMILES string of the molecule is O=[N+]([O-])c1ccccc1OS(=O)(=O)c1ccc(Cl)cc1. The lowest BCUT2D eigenvalue weighted by atomic mass is 10.3. The molecule has 0 fully saturated rings. The Balaban J connectivity index is 2.38. The van der Waals surface area contributed by atoms with E-state index in [1.807, 2.05) is 0 Å². The summed E-state index contributed by atoms with van der Waals surface area (Å²) in [6.45, 7) is 0. The Labute approximate surface area is 119 Å². The number of halogens is 1. The summed E-state index contributed by atoms with van der Waals surface area (Å²) < 4.78 is 28.8. The molecule has 2 rings (SSSR count). The van der Waals surface area contributed by atoms with Crippen molar-refractivity contribution in [3.8, 4) is 5.75 Å². The average Bonchev–Trinajstić information content (AvgIpc) is 2.39. The van der Waals surface area contributed by atoms with E-state index in [2.05, 4.69) is 0 Å². The van der Waals surface area contributed by atoms with Crippen molar-refractivity contribution < 1.29 is 17.5 Å². The molecule has 104 valence electrons. The number of hydrogen-bond donors (Lipinski definition) is 0. The minimum absolute atomic E-state index is 0.139. The zero-order valence-corrected chi connectivity index (χ0v) is 11.5. The number of benzene rings is 2. The van der Waals surface area contributed by atoms with Crippen LogP contribution in [0.25, 0.3) is 0 Å². The molecule has 0 amide bonds. The Bertz CT molecular complexity index is 743. The molecule has 0 heterocycles. The molecule has 2 aromatic carbocycles. The number of hydrogen-bond acceptors (Lipinski definition) is 5. The van der Waals surface area contributed by atoms with Gasteiger partial charge in [-0.25, -0.2) is 0 Å². The minimum atomic E-state index is -4.15. The van der Waals surface area contributed by atoms with Crippen molar-refractivity contribution in [2.45, 2.75) is 4.90 Å². The normalized spacial score (nSPS) is 11.1. The van der Waals surface area contributed by atoms with E-state index in [4.69, 9.17) is 15.8 Å². The van der Waals surface area contributed by atoms with Crippen LogP contribution in [0.5, 0.6) is 5.75 Å². The molecule has 20 heavy (non-hydrogen) atoms. The third kappa shape index (κ3) is 3.06. The van der Waals surface area contributed by atoms with E-state index in [1.165, 1.54) is 42.5 Å². The van der Waals surface area contributed by atoms with Gasteiger partial charge in [0.2, 0.25) is 5.75 Å². The van der Waals surface area contributed by atoms with Crippen molar-refractivity contribution in [3.63, 3.8) is 0 Å². The third-order valence-electron chi connectivity index (χ3n) is 2.36. The van der Waals surface area contributed by atoms with E-state index in [9.17, 15) is 18.5 Å². The smallest absolute Gasteiger partial charge is 0.339 e. The van der Waals surface area contributed by atoms with Crippen molar-refractivity contribution >= 4 is 27.4 Å². The monoisotopic (exact) mass is 313 g/mol. The Morgan fingerprint density at radius 1 is 1.05 bits per heavy atom. The first kappa shape index (κ1) is 14.3. The highest BCUT2D eigenvalue weighted by Gasteiger charge is 2.22. The van der Waals surface area contributed by atoms with Gasteiger partial charge in [-0.2, -0.15) is 8.42 Å². The van der Waals surface area contributed by atoms with Gasteiger partial charge in [-0.1, -0.05) is 23.7 Å². The first-order chi connectivity index (χ1) is 9.40. The van der Waals surface area contributed by atoms with Crippen molar-refractivity contribution in [3.05, 3.63) is 63.7 Å². The van der Waals surface area contributed by atoms with Crippen LogP contribution in [0.4, 0.5) is 5.69 Å². The molecular weight excluding hydrogens is 306 g/mol. The molecule has 0 bridgehead atoms. The molecule has 0 saturated heterocycles. The quantitative estimate of drug-likeness (QED) is 0.492. The van der Waals surface area contributed by atoms with Gasteiger partial charge in [-0.05, 0) is 30.3 Å². The number of nitro benzene ring substituents is 1. The molecule has 0 radical (unpaired) electrons. The second kappa shape index (κ2) is 5.48. The Morgan fingerprint density at radius 2 is 1.65 bits per heavy atom. The summed E-state index contributed by atoms with van der Waals surface area (Å²) in [6, 6.07) is 10.5. The highest BCUT2D eigenvalue weighted by Crippen LogP contribution is 2.29. The van der Waals surface area contributed by atoms with E-state index in [0.717, 1.165) is 6.07 Å². The fourth-order valence-electron chi connectivity index (χ4n) is 1.45. The van der Waals surface area contributed by atoms with Crippen LogP contribution in [-0.4, -0.2) is 13.3 Å². The highest BCUT2D eigenvalue weighted by atomic mass is 35.5. The van der Waals surface area contributed by atoms with E-state index in [-0.39, 0.29) is 10.6 Å². The van der Waals surface area contributed by atoms with E-state index < -0.39 is 20.7 Å². The molecule has 0 unspecified atom stereocenters. The molecule has 0 aliphatic rings. The highest BCUT2D eigenvalue weighted by molar-refractivity contribution is 7.87. The zero-order chi connectivity index (χ0) is 14.8. The van der Waals surface area contributed by atoms with Crippen LogP contribution in [0.15, 0.2) is 53.4 Å². The third-order valence-corrected chi connectivity index (χ3v) is 3.86. The van der Waals surface area contributed by atoms with Gasteiger partial charge in [-0.3, -0.25) is 10.1 Å². The molecule has 8 heteroatoms. The van der Waals surface area contributed by atoms with Crippen LogP contribution in [-0.2, 0) is 10.1 Å². The minimum Gasteiger partial charge on any atom is -0.372 e. The van der Waals surface area contributed by atoms with Crippen LogP contribution >= 0.6 is 11.6 Å². The predicted molar refractivity (Wildman–Crippen MR) is 72.4 cm³/mol. The van der Waals surface area contributed by atoms with Gasteiger partial charge in [0.15, 0.2) is 0 Å². The second-order valence-electron chi connectivity index (χ2n) is 3.72. The molecule has 0 aliphatic carbocycles. The topological polar surface area (TPSA) is 86.5 Å². The number of nitro groups is 1. The van der Waals surface area contributed by atoms with Crippen LogP contribution in [0, 0.1) is 10.1 Å². The van der Waals surface area contributed by atoms with E-state index in [1.54, 1.807) is 0 Å². The van der Waals surface area contributed by atoms with Crippen LogP contribution < -0.4 is 4.18 Å². The van der Waals surface area contributed by atoms with Crippen molar-refractivity contribution in [1.82, 2.24) is 0 Å². The lowest BCUT2D eigenvalue weighted by Crippen LogP contribution is -2.10.